The van der Waals surface area contributed by atoms with Crippen LogP contribution in [0.2, 0.25) is 0 Å². The molecule has 0 spiro atoms. The number of nitrogens with one attached hydrogen (secondary N) is 1. The predicted molar refractivity (Wildman–Crippen MR) is 53.1 cm³/mol. The predicted octanol–water partition coefficient (Wildman–Crippen LogP) is 0.638. The molecular formula is C9H19NO4. The van der Waals surface area contributed by atoms with Gasteiger partial charge in [0.15, 0.2) is 0 Å². The van der Waals surface area contributed by atoms with Gasteiger partial charge in [-0.25, -0.2) is 0 Å². The molecular weight excluding hydrogens is 186 g/mol. The molecule has 0 bridgehead atoms. The first-order valence-corrected chi connectivity index (χ1v) is 4.27. The van der Waals surface area contributed by atoms with Gasteiger partial charge in [-0.2, -0.15) is 0 Å². The molecule has 0 saturated carbocycles. The number of carbonyl (C=O) groups excluding carboxylic acids is 1. The molecule has 0 aromatic rings. The third-order valence-corrected chi connectivity index (χ3v) is 1.18. The summed E-state index contributed by atoms with van der Waals surface area (Å²) in [6.45, 7) is 6.27. The van der Waals surface area contributed by atoms with E-state index in [-0.39, 0.29) is 18.6 Å². The van der Waals surface area contributed by atoms with Gasteiger partial charge < -0.3 is 15.2 Å². The summed E-state index contributed by atoms with van der Waals surface area (Å²) in [6, 6.07) is 0. The monoisotopic (exact) mass is 205 g/mol. The van der Waals surface area contributed by atoms with Gasteiger partial charge in [0, 0.05) is 13.7 Å². The van der Waals surface area contributed by atoms with E-state index in [1.807, 2.05) is 20.8 Å². The van der Waals surface area contributed by atoms with Crippen molar-refractivity contribution < 1.29 is 19.4 Å². The molecule has 0 rings (SSSR count). The summed E-state index contributed by atoms with van der Waals surface area (Å²) >= 11 is 0. The van der Waals surface area contributed by atoms with Crippen LogP contribution in [0.4, 0.5) is 0 Å². The molecule has 1 amide bonds. The summed E-state index contributed by atoms with van der Waals surface area (Å²) in [5.41, 5.74) is 0.0417. The summed E-state index contributed by atoms with van der Waals surface area (Å²) in [6.07, 6.45) is 0.460. The quantitative estimate of drug-likeness (QED) is 0.521. The summed E-state index contributed by atoms with van der Waals surface area (Å²) in [5, 5.41) is 10.2. The highest BCUT2D eigenvalue weighted by molar-refractivity contribution is 5.67. The van der Waals surface area contributed by atoms with E-state index < -0.39 is 5.97 Å². The Hall–Kier alpha value is -1.10. The van der Waals surface area contributed by atoms with E-state index in [9.17, 15) is 9.59 Å². The molecule has 5 heteroatoms. The zero-order valence-electron chi connectivity index (χ0n) is 9.16. The van der Waals surface area contributed by atoms with Crippen LogP contribution < -0.4 is 5.32 Å². The first-order chi connectivity index (χ1) is 6.33. The molecule has 0 unspecified atom stereocenters. The third-order valence-electron chi connectivity index (χ3n) is 1.18. The fraction of sp³-hybridized carbons (Fsp3) is 0.778. The molecule has 0 aliphatic carbocycles. The Morgan fingerprint density at radius 2 is 1.93 bits per heavy atom. The van der Waals surface area contributed by atoms with Gasteiger partial charge in [-0.1, -0.05) is 0 Å². The van der Waals surface area contributed by atoms with E-state index in [1.54, 1.807) is 7.11 Å². The summed E-state index contributed by atoms with van der Waals surface area (Å²) in [4.78, 5) is 19.2. The Morgan fingerprint density at radius 1 is 1.50 bits per heavy atom. The number of rotatable bonds is 4. The van der Waals surface area contributed by atoms with E-state index in [0.29, 0.717) is 6.41 Å². The zero-order valence-corrected chi connectivity index (χ0v) is 9.16. The molecule has 0 aliphatic heterocycles. The molecule has 0 aromatic carbocycles. The van der Waals surface area contributed by atoms with Crippen molar-refractivity contribution in [1.29, 1.82) is 0 Å². The lowest BCUT2D eigenvalue weighted by molar-refractivity contribution is -0.136. The second-order valence-electron chi connectivity index (χ2n) is 3.53. The third kappa shape index (κ3) is 22.4. The van der Waals surface area contributed by atoms with Gasteiger partial charge in [0.25, 0.3) is 0 Å². The van der Waals surface area contributed by atoms with Gasteiger partial charge in [0.2, 0.25) is 6.41 Å². The number of methoxy groups -OCH3 is 1. The van der Waals surface area contributed by atoms with Gasteiger partial charge in [-0.3, -0.25) is 9.59 Å². The normalized spacial score (nSPS) is 9.71. The molecule has 0 fully saturated rings. The molecule has 0 saturated heterocycles. The molecule has 0 aromatic heterocycles. The van der Waals surface area contributed by atoms with Crippen LogP contribution in [0, 0.1) is 0 Å². The van der Waals surface area contributed by atoms with Crippen LogP contribution in [0.5, 0.6) is 0 Å². The van der Waals surface area contributed by atoms with Crippen molar-refractivity contribution in [2.75, 3.05) is 13.7 Å². The second-order valence-corrected chi connectivity index (χ2v) is 3.53. The maximum Gasteiger partial charge on any atom is 0.305 e. The van der Waals surface area contributed by atoms with E-state index in [0.717, 1.165) is 0 Å². The van der Waals surface area contributed by atoms with Crippen LogP contribution in [0.25, 0.3) is 0 Å². The molecule has 5 nitrogen and oxygen atoms in total. The molecule has 84 valence electrons. The van der Waals surface area contributed by atoms with E-state index in [4.69, 9.17) is 9.84 Å². The van der Waals surface area contributed by atoms with Crippen molar-refractivity contribution in [3.8, 4) is 0 Å². The SMILES string of the molecule is COC(C)(C)C.O=CNCCC(=O)O. The van der Waals surface area contributed by atoms with Crippen LogP contribution in [-0.2, 0) is 14.3 Å². The average Bonchev–Trinajstić information content (AvgIpc) is 2.04. The Bertz CT molecular complexity index is 163. The number of carboxylic acid groups (broad SMARTS) is 1. The number of amides is 1. The van der Waals surface area contributed by atoms with Crippen LogP contribution in [0.3, 0.4) is 0 Å². The number of hydrogen-bond acceptors (Lipinski definition) is 3. The second kappa shape index (κ2) is 8.50. The van der Waals surface area contributed by atoms with Crippen molar-refractivity contribution in [2.24, 2.45) is 0 Å². The van der Waals surface area contributed by atoms with Crippen molar-refractivity contribution in [3.05, 3.63) is 0 Å². The van der Waals surface area contributed by atoms with Crippen molar-refractivity contribution >= 4 is 12.4 Å². The topological polar surface area (TPSA) is 75.6 Å². The number of carboxylic acids is 1. The Morgan fingerprint density at radius 3 is 2.14 bits per heavy atom. The first-order valence-electron chi connectivity index (χ1n) is 4.27. The Balaban J connectivity index is 0. The van der Waals surface area contributed by atoms with E-state index in [1.165, 1.54) is 0 Å². The van der Waals surface area contributed by atoms with E-state index in [2.05, 4.69) is 5.32 Å². The fourth-order valence-electron chi connectivity index (χ4n) is 0.238. The van der Waals surface area contributed by atoms with Crippen LogP contribution in [0.15, 0.2) is 0 Å². The van der Waals surface area contributed by atoms with Gasteiger partial charge >= 0.3 is 5.97 Å². The standard InChI is InChI=1S/C5H12O.C4H7NO3/c1-5(2,3)6-4;6-3-5-2-1-4(7)8/h1-4H3;3H,1-2H2,(H,5,6)(H,7,8). The highest BCUT2D eigenvalue weighted by atomic mass is 16.5. The van der Waals surface area contributed by atoms with Crippen LogP contribution in [-0.4, -0.2) is 36.7 Å². The number of hydrogen-bond donors (Lipinski definition) is 2. The maximum absolute atomic E-state index is 9.72. The minimum absolute atomic E-state index is 0.0151. The van der Waals surface area contributed by atoms with Gasteiger partial charge in [0.05, 0.1) is 12.0 Å². The lowest BCUT2D eigenvalue weighted by Crippen LogP contribution is -2.15. The molecule has 0 atom stereocenters. The molecule has 0 radical (unpaired) electrons. The Kier molecular flexibility index (Phi) is 9.33. The van der Waals surface area contributed by atoms with Gasteiger partial charge in [-0.15, -0.1) is 0 Å². The summed E-state index contributed by atoms with van der Waals surface area (Å²) in [7, 11) is 1.71. The van der Waals surface area contributed by atoms with Crippen molar-refractivity contribution in [1.82, 2.24) is 5.32 Å². The first kappa shape index (κ1) is 15.4. The van der Waals surface area contributed by atoms with E-state index >= 15 is 0 Å². The van der Waals surface area contributed by atoms with Gasteiger partial charge in [0.1, 0.15) is 0 Å². The average molecular weight is 205 g/mol. The molecule has 0 heterocycles. The minimum Gasteiger partial charge on any atom is -0.481 e. The number of ether oxygens (including phenoxy) is 1. The fourth-order valence-corrected chi connectivity index (χ4v) is 0.238. The Labute approximate surface area is 84.4 Å². The maximum atomic E-state index is 9.72. The highest BCUT2D eigenvalue weighted by Crippen LogP contribution is 2.02. The lowest BCUT2D eigenvalue weighted by atomic mass is 10.2. The summed E-state index contributed by atoms with van der Waals surface area (Å²) < 4.78 is 4.94. The van der Waals surface area contributed by atoms with Crippen molar-refractivity contribution in [2.45, 2.75) is 32.8 Å². The molecule has 14 heavy (non-hydrogen) atoms. The molecule has 0 aliphatic rings. The minimum atomic E-state index is -0.903. The lowest BCUT2D eigenvalue weighted by Gasteiger charge is -2.14. The van der Waals surface area contributed by atoms with Crippen LogP contribution >= 0.6 is 0 Å². The number of carbonyl (C=O) groups is 2. The number of aliphatic carboxylic acids is 1. The summed E-state index contributed by atoms with van der Waals surface area (Å²) in [5.74, 6) is -0.903. The van der Waals surface area contributed by atoms with Crippen molar-refractivity contribution in [3.63, 3.8) is 0 Å². The smallest absolute Gasteiger partial charge is 0.305 e. The molecule has 2 N–H and O–H groups in total. The van der Waals surface area contributed by atoms with Gasteiger partial charge in [-0.05, 0) is 20.8 Å². The largest absolute Gasteiger partial charge is 0.481 e. The highest BCUT2D eigenvalue weighted by Gasteiger charge is 2.04. The zero-order chi connectivity index (χ0) is 11.6. The van der Waals surface area contributed by atoms with Crippen LogP contribution in [0.1, 0.15) is 27.2 Å².